The van der Waals surface area contributed by atoms with Crippen LogP contribution in [0.1, 0.15) is 187 Å². The summed E-state index contributed by atoms with van der Waals surface area (Å²) in [5.74, 6) is 0. The normalized spacial score (nSPS) is 12.5. The summed E-state index contributed by atoms with van der Waals surface area (Å²) < 4.78 is 0. The van der Waals surface area contributed by atoms with E-state index >= 15 is 0 Å². The Morgan fingerprint density at radius 1 is 0.323 bits per heavy atom. The summed E-state index contributed by atoms with van der Waals surface area (Å²) in [4.78, 5) is 0. The van der Waals surface area contributed by atoms with Crippen molar-refractivity contribution in [2.45, 2.75) is 193 Å². The Balaban J connectivity index is 3.07. The fourth-order valence-corrected chi connectivity index (χ4v) is 4.76. The fourth-order valence-electron chi connectivity index (χ4n) is 4.76. The molecule has 1 unspecified atom stereocenters. The van der Waals surface area contributed by atoms with E-state index in [1.165, 1.54) is 161 Å². The first-order valence-corrected chi connectivity index (χ1v) is 15.0. The van der Waals surface area contributed by atoms with Gasteiger partial charge < -0.3 is 5.11 Å². The Morgan fingerprint density at radius 2 is 0.516 bits per heavy atom. The van der Waals surface area contributed by atoms with E-state index in [9.17, 15) is 5.11 Å². The Labute approximate surface area is 198 Å². The lowest BCUT2D eigenvalue weighted by Gasteiger charge is -2.10. The minimum absolute atomic E-state index is 0.0304. The molecule has 0 amide bonds. The molecule has 0 saturated carbocycles. The van der Waals surface area contributed by atoms with E-state index in [2.05, 4.69) is 13.8 Å². The van der Waals surface area contributed by atoms with E-state index in [1.807, 2.05) is 0 Å². The average Bonchev–Trinajstić information content (AvgIpc) is 2.77. The maximum Gasteiger partial charge on any atom is 0.0540 e. The molecule has 1 atom stereocenters. The molecule has 1 nitrogen and oxygen atoms in total. The van der Waals surface area contributed by atoms with E-state index < -0.39 is 0 Å². The van der Waals surface area contributed by atoms with Crippen LogP contribution in [0.5, 0.6) is 0 Å². The van der Waals surface area contributed by atoms with Crippen molar-refractivity contribution in [1.29, 1.82) is 0 Å². The highest BCUT2D eigenvalue weighted by Gasteiger charge is 2.03. The summed E-state index contributed by atoms with van der Waals surface area (Å²) in [7, 11) is 0. The van der Waals surface area contributed by atoms with Crippen molar-refractivity contribution < 1.29 is 5.11 Å². The Bertz CT molecular complexity index is 301. The molecule has 1 heteroatoms. The standard InChI is InChI=1S/C30H62O/c1-3-5-7-9-10-11-12-13-14-15-16-17-18-19-20-21-22-23-25-27-29-30(31)28-26-24-8-6-4-2/h30-31H,3-29H2,1-2H3. The third-order valence-electron chi connectivity index (χ3n) is 7.03. The Kier molecular flexibility index (Phi) is 28.0. The third kappa shape index (κ3) is 27.9. The zero-order valence-electron chi connectivity index (χ0n) is 22.1. The van der Waals surface area contributed by atoms with Gasteiger partial charge in [0.2, 0.25) is 0 Å². The van der Waals surface area contributed by atoms with Crippen molar-refractivity contribution in [3.8, 4) is 0 Å². The van der Waals surface area contributed by atoms with Gasteiger partial charge in [-0.3, -0.25) is 0 Å². The van der Waals surface area contributed by atoms with Gasteiger partial charge in [-0.2, -0.15) is 0 Å². The van der Waals surface area contributed by atoms with Crippen molar-refractivity contribution >= 4 is 0 Å². The molecular formula is C30H62O. The first-order chi connectivity index (χ1) is 15.3. The third-order valence-corrected chi connectivity index (χ3v) is 7.03. The molecule has 0 saturated heterocycles. The number of aliphatic hydroxyl groups excluding tert-OH is 1. The number of unbranched alkanes of at least 4 members (excludes halogenated alkanes) is 23. The molecule has 0 fully saturated rings. The van der Waals surface area contributed by atoms with Gasteiger partial charge in [0.25, 0.3) is 0 Å². The van der Waals surface area contributed by atoms with Crippen molar-refractivity contribution in [1.82, 2.24) is 0 Å². The zero-order chi connectivity index (χ0) is 22.7. The van der Waals surface area contributed by atoms with E-state index in [0.717, 1.165) is 12.8 Å². The molecule has 0 rings (SSSR count). The van der Waals surface area contributed by atoms with Crippen LogP contribution in [0.25, 0.3) is 0 Å². The molecule has 0 aromatic rings. The second-order valence-electron chi connectivity index (χ2n) is 10.4. The monoisotopic (exact) mass is 438 g/mol. The molecular weight excluding hydrogens is 376 g/mol. The van der Waals surface area contributed by atoms with Crippen LogP contribution in [-0.2, 0) is 0 Å². The molecule has 0 aliphatic carbocycles. The van der Waals surface area contributed by atoms with Gasteiger partial charge in [0.1, 0.15) is 0 Å². The maximum absolute atomic E-state index is 10.1. The molecule has 1 N–H and O–H groups in total. The lowest BCUT2D eigenvalue weighted by molar-refractivity contribution is 0.147. The van der Waals surface area contributed by atoms with E-state index in [4.69, 9.17) is 0 Å². The number of aliphatic hydroxyl groups is 1. The quantitative estimate of drug-likeness (QED) is 0.126. The molecule has 0 spiro atoms. The second kappa shape index (κ2) is 28.0. The fraction of sp³-hybridized carbons (Fsp3) is 1.00. The minimum atomic E-state index is -0.0304. The van der Waals surface area contributed by atoms with Gasteiger partial charge in [0.05, 0.1) is 6.10 Å². The number of hydrogen-bond donors (Lipinski definition) is 1. The van der Waals surface area contributed by atoms with Crippen LogP contribution < -0.4 is 0 Å². The predicted octanol–water partition coefficient (Wildman–Crippen LogP) is 10.9. The molecule has 188 valence electrons. The minimum Gasteiger partial charge on any atom is -0.393 e. The van der Waals surface area contributed by atoms with Gasteiger partial charge in [-0.05, 0) is 12.8 Å². The van der Waals surface area contributed by atoms with Gasteiger partial charge >= 0.3 is 0 Å². The molecule has 0 aliphatic rings. The number of hydrogen-bond acceptors (Lipinski definition) is 1. The summed E-state index contributed by atoms with van der Waals surface area (Å²) in [5, 5.41) is 10.1. The molecule has 0 aliphatic heterocycles. The van der Waals surface area contributed by atoms with Gasteiger partial charge in [-0.15, -0.1) is 0 Å². The SMILES string of the molecule is CCCCCCCCCCCCCCCCCCCCCCC(O)CCCCCCC. The Morgan fingerprint density at radius 3 is 0.742 bits per heavy atom. The van der Waals surface area contributed by atoms with Crippen molar-refractivity contribution in [3.63, 3.8) is 0 Å². The number of rotatable bonds is 27. The van der Waals surface area contributed by atoms with Crippen LogP contribution in [0.3, 0.4) is 0 Å². The van der Waals surface area contributed by atoms with Crippen molar-refractivity contribution in [2.75, 3.05) is 0 Å². The topological polar surface area (TPSA) is 20.2 Å². The highest BCUT2D eigenvalue weighted by Crippen LogP contribution is 2.16. The molecule has 0 aromatic heterocycles. The lowest BCUT2D eigenvalue weighted by atomic mass is 10.0. The van der Waals surface area contributed by atoms with E-state index in [0.29, 0.717) is 0 Å². The first kappa shape index (κ1) is 31.0. The second-order valence-corrected chi connectivity index (χ2v) is 10.4. The van der Waals surface area contributed by atoms with Crippen LogP contribution >= 0.6 is 0 Å². The molecule has 0 bridgehead atoms. The van der Waals surface area contributed by atoms with Crippen LogP contribution in [-0.4, -0.2) is 11.2 Å². The first-order valence-electron chi connectivity index (χ1n) is 15.0. The predicted molar refractivity (Wildman–Crippen MR) is 142 cm³/mol. The zero-order valence-corrected chi connectivity index (χ0v) is 22.1. The largest absolute Gasteiger partial charge is 0.393 e. The maximum atomic E-state index is 10.1. The van der Waals surface area contributed by atoms with E-state index in [1.54, 1.807) is 0 Å². The van der Waals surface area contributed by atoms with Crippen LogP contribution in [0, 0.1) is 0 Å². The summed E-state index contributed by atoms with van der Waals surface area (Å²) >= 11 is 0. The molecule has 0 radical (unpaired) electrons. The molecule has 0 aromatic carbocycles. The van der Waals surface area contributed by atoms with Gasteiger partial charge in [-0.1, -0.05) is 174 Å². The molecule has 0 heterocycles. The lowest BCUT2D eigenvalue weighted by Crippen LogP contribution is -2.05. The van der Waals surface area contributed by atoms with Gasteiger partial charge in [0, 0.05) is 0 Å². The van der Waals surface area contributed by atoms with Crippen LogP contribution in [0.2, 0.25) is 0 Å². The molecule has 31 heavy (non-hydrogen) atoms. The smallest absolute Gasteiger partial charge is 0.0540 e. The van der Waals surface area contributed by atoms with Crippen molar-refractivity contribution in [3.05, 3.63) is 0 Å². The van der Waals surface area contributed by atoms with Gasteiger partial charge in [0.15, 0.2) is 0 Å². The van der Waals surface area contributed by atoms with Gasteiger partial charge in [-0.25, -0.2) is 0 Å². The summed E-state index contributed by atoms with van der Waals surface area (Å²) in [6.07, 6.45) is 37.2. The highest BCUT2D eigenvalue weighted by molar-refractivity contribution is 4.57. The van der Waals surface area contributed by atoms with Crippen LogP contribution in [0.15, 0.2) is 0 Å². The summed E-state index contributed by atoms with van der Waals surface area (Å²) in [6.45, 7) is 4.56. The summed E-state index contributed by atoms with van der Waals surface area (Å²) in [5.41, 5.74) is 0. The van der Waals surface area contributed by atoms with Crippen LogP contribution in [0.4, 0.5) is 0 Å². The highest BCUT2D eigenvalue weighted by atomic mass is 16.3. The van der Waals surface area contributed by atoms with E-state index in [-0.39, 0.29) is 6.10 Å². The Hall–Kier alpha value is -0.0400. The van der Waals surface area contributed by atoms with Crippen molar-refractivity contribution in [2.24, 2.45) is 0 Å². The summed E-state index contributed by atoms with van der Waals surface area (Å²) in [6, 6.07) is 0. The average molecular weight is 439 g/mol.